The van der Waals surface area contributed by atoms with Gasteiger partial charge in [0.1, 0.15) is 23.0 Å². The van der Waals surface area contributed by atoms with Crippen molar-refractivity contribution in [1.82, 2.24) is 4.90 Å². The van der Waals surface area contributed by atoms with Crippen molar-refractivity contribution in [2.75, 3.05) is 19.0 Å². The first-order chi connectivity index (χ1) is 16.6. The Balaban J connectivity index is 1.15. The number of nitrogens with zero attached hydrogens (tertiary/aromatic N) is 1. The van der Waals surface area contributed by atoms with Gasteiger partial charge in [0, 0.05) is 22.9 Å². The number of hydrogen-bond acceptors (Lipinski definition) is 5. The van der Waals surface area contributed by atoms with Crippen LogP contribution in [-0.2, 0) is 22.4 Å². The third-order valence-corrected chi connectivity index (χ3v) is 6.80. The van der Waals surface area contributed by atoms with E-state index < -0.39 is 12.2 Å². The zero-order chi connectivity index (χ0) is 23.2. The van der Waals surface area contributed by atoms with Crippen molar-refractivity contribution in [1.29, 1.82) is 0 Å². The van der Waals surface area contributed by atoms with E-state index in [4.69, 9.17) is 13.9 Å². The highest BCUT2D eigenvalue weighted by Gasteiger charge is 2.38. The molecule has 0 saturated carbocycles. The topological polar surface area (TPSA) is 81.0 Å². The van der Waals surface area contributed by atoms with Crippen LogP contribution in [0.5, 0.6) is 5.75 Å². The first-order valence-corrected chi connectivity index (χ1v) is 11.4. The SMILES string of the molecule is COc1cc2c(cc1NC(=O)OC1CC(=O)N(C3Cc4ccccc4C3)C1)oc1ccccc12. The number of methoxy groups -OCH3 is 1. The van der Waals surface area contributed by atoms with E-state index in [-0.39, 0.29) is 18.4 Å². The molecule has 1 N–H and O–H groups in total. The Morgan fingerprint density at radius 2 is 1.71 bits per heavy atom. The van der Waals surface area contributed by atoms with Gasteiger partial charge in [-0.15, -0.1) is 0 Å². The number of rotatable bonds is 4. The first-order valence-electron chi connectivity index (χ1n) is 11.4. The van der Waals surface area contributed by atoms with Crippen molar-refractivity contribution >= 4 is 39.6 Å². The summed E-state index contributed by atoms with van der Waals surface area (Å²) >= 11 is 0. The third-order valence-electron chi connectivity index (χ3n) is 6.80. The van der Waals surface area contributed by atoms with Gasteiger partial charge in [-0.3, -0.25) is 10.1 Å². The first kappa shape index (κ1) is 20.6. The van der Waals surface area contributed by atoms with Gasteiger partial charge < -0.3 is 18.8 Å². The number of furan rings is 1. The number of anilines is 1. The third kappa shape index (κ3) is 3.53. The summed E-state index contributed by atoms with van der Waals surface area (Å²) < 4.78 is 17.0. The van der Waals surface area contributed by atoms with Crippen LogP contribution < -0.4 is 10.1 Å². The normalized spacial score (nSPS) is 18.0. The van der Waals surface area contributed by atoms with Crippen molar-refractivity contribution in [2.45, 2.75) is 31.4 Å². The molecule has 1 atom stereocenters. The van der Waals surface area contributed by atoms with Gasteiger partial charge in [-0.2, -0.15) is 0 Å². The second-order valence-electron chi connectivity index (χ2n) is 8.88. The van der Waals surface area contributed by atoms with Crippen molar-refractivity contribution in [2.24, 2.45) is 0 Å². The number of carbonyl (C=O) groups excluding carboxylic acids is 2. The Morgan fingerprint density at radius 3 is 2.47 bits per heavy atom. The second kappa shape index (κ2) is 8.09. The average molecular weight is 456 g/mol. The molecule has 2 aliphatic rings. The highest BCUT2D eigenvalue weighted by Crippen LogP contribution is 2.36. The molecule has 1 unspecified atom stereocenters. The number of hydrogen-bond donors (Lipinski definition) is 1. The summed E-state index contributed by atoms with van der Waals surface area (Å²) in [5.74, 6) is 0.528. The molecule has 34 heavy (non-hydrogen) atoms. The van der Waals surface area contributed by atoms with Gasteiger partial charge in [0.15, 0.2) is 0 Å². The zero-order valence-corrected chi connectivity index (χ0v) is 18.7. The van der Waals surface area contributed by atoms with Crippen LogP contribution in [0.2, 0.25) is 0 Å². The molecule has 7 heteroatoms. The molecular weight excluding hydrogens is 432 g/mol. The molecule has 7 nitrogen and oxygen atoms in total. The maximum atomic E-state index is 12.7. The molecule has 1 aliphatic carbocycles. The fourth-order valence-electron chi connectivity index (χ4n) is 5.19. The molecule has 0 radical (unpaired) electrons. The molecule has 1 aliphatic heterocycles. The number of amides is 2. The lowest BCUT2D eigenvalue weighted by Gasteiger charge is -2.24. The lowest BCUT2D eigenvalue weighted by molar-refractivity contribution is -0.129. The van der Waals surface area contributed by atoms with Gasteiger partial charge >= 0.3 is 6.09 Å². The molecule has 4 aromatic rings. The van der Waals surface area contributed by atoms with E-state index in [2.05, 4.69) is 17.4 Å². The van der Waals surface area contributed by atoms with E-state index >= 15 is 0 Å². The lowest BCUT2D eigenvalue weighted by atomic mass is 10.1. The lowest BCUT2D eigenvalue weighted by Crippen LogP contribution is -2.38. The van der Waals surface area contributed by atoms with Gasteiger partial charge in [0.25, 0.3) is 0 Å². The van der Waals surface area contributed by atoms with E-state index in [9.17, 15) is 9.59 Å². The van der Waals surface area contributed by atoms with Crippen LogP contribution in [0.15, 0.2) is 65.1 Å². The minimum Gasteiger partial charge on any atom is -0.495 e. The van der Waals surface area contributed by atoms with Crippen molar-refractivity contribution in [3.8, 4) is 5.75 Å². The summed E-state index contributed by atoms with van der Waals surface area (Å²) in [6.07, 6.45) is 0.769. The Bertz CT molecular complexity index is 1400. The van der Waals surface area contributed by atoms with Gasteiger partial charge in [-0.05, 0) is 36.1 Å². The number of benzene rings is 3. The smallest absolute Gasteiger partial charge is 0.412 e. The number of ether oxygens (including phenoxy) is 2. The quantitative estimate of drug-likeness (QED) is 0.472. The monoisotopic (exact) mass is 456 g/mol. The summed E-state index contributed by atoms with van der Waals surface area (Å²) in [5.41, 5.74) is 4.43. The van der Waals surface area contributed by atoms with Crippen molar-refractivity contribution in [3.63, 3.8) is 0 Å². The minimum atomic E-state index is -0.622. The van der Waals surface area contributed by atoms with Crippen molar-refractivity contribution < 1.29 is 23.5 Å². The average Bonchev–Trinajstić information content (AvgIpc) is 3.52. The van der Waals surface area contributed by atoms with Gasteiger partial charge in [0.2, 0.25) is 5.91 Å². The van der Waals surface area contributed by atoms with Crippen LogP contribution in [0.3, 0.4) is 0 Å². The molecule has 3 aromatic carbocycles. The van der Waals surface area contributed by atoms with E-state index in [1.54, 1.807) is 13.2 Å². The molecule has 0 bridgehead atoms. The minimum absolute atomic E-state index is 0.0249. The summed E-state index contributed by atoms with van der Waals surface area (Å²) in [6.45, 7) is 0.407. The zero-order valence-electron chi connectivity index (χ0n) is 18.7. The Morgan fingerprint density at radius 1 is 0.971 bits per heavy atom. The molecule has 1 saturated heterocycles. The fraction of sp³-hybridized carbons (Fsp3) is 0.259. The Kier molecular flexibility index (Phi) is 4.90. The highest BCUT2D eigenvalue weighted by atomic mass is 16.6. The fourth-order valence-corrected chi connectivity index (χ4v) is 5.19. The molecule has 1 aromatic heterocycles. The molecule has 6 rings (SSSR count). The van der Waals surface area contributed by atoms with Gasteiger partial charge in [-0.1, -0.05) is 42.5 Å². The standard InChI is InChI=1S/C27H24N2O5/c1-32-25-13-21-20-8-4-5-9-23(20)34-24(21)14-22(25)28-27(31)33-19-12-26(30)29(15-19)18-10-16-6-2-3-7-17(16)11-18/h2-9,13-14,18-19H,10-12,15H2,1H3,(H,28,31). The van der Waals surface area contributed by atoms with Crippen molar-refractivity contribution in [3.05, 3.63) is 71.8 Å². The summed E-state index contributed by atoms with van der Waals surface area (Å²) in [5, 5.41) is 4.64. The number of likely N-dealkylation sites (tertiary alicyclic amines) is 1. The number of nitrogens with one attached hydrogen (secondary N) is 1. The molecule has 2 amide bonds. The molecule has 2 heterocycles. The van der Waals surface area contributed by atoms with E-state index in [1.165, 1.54) is 11.1 Å². The maximum absolute atomic E-state index is 12.7. The summed E-state index contributed by atoms with van der Waals surface area (Å²) in [6, 6.07) is 19.7. The van der Waals surface area contributed by atoms with E-state index in [0.29, 0.717) is 23.6 Å². The molecule has 1 fully saturated rings. The van der Waals surface area contributed by atoms with Crippen LogP contribution in [0.4, 0.5) is 10.5 Å². The van der Waals surface area contributed by atoms with Crippen LogP contribution in [0, 0.1) is 0 Å². The van der Waals surface area contributed by atoms with Crippen LogP contribution >= 0.6 is 0 Å². The van der Waals surface area contributed by atoms with Gasteiger partial charge in [0.05, 0.1) is 25.8 Å². The summed E-state index contributed by atoms with van der Waals surface area (Å²) in [7, 11) is 1.55. The number of fused-ring (bicyclic) bond motifs is 4. The van der Waals surface area contributed by atoms with E-state index in [1.807, 2.05) is 47.4 Å². The number of para-hydroxylation sites is 1. The van der Waals surface area contributed by atoms with Crippen LogP contribution in [0.25, 0.3) is 21.9 Å². The van der Waals surface area contributed by atoms with Crippen LogP contribution in [0.1, 0.15) is 17.5 Å². The second-order valence-corrected chi connectivity index (χ2v) is 8.88. The Labute approximate surface area is 196 Å². The Hall–Kier alpha value is -4.00. The largest absolute Gasteiger partial charge is 0.495 e. The molecule has 0 spiro atoms. The molecular formula is C27H24N2O5. The maximum Gasteiger partial charge on any atom is 0.412 e. The van der Waals surface area contributed by atoms with E-state index in [0.717, 1.165) is 29.2 Å². The highest BCUT2D eigenvalue weighted by molar-refractivity contribution is 6.07. The van der Waals surface area contributed by atoms with Gasteiger partial charge in [-0.25, -0.2) is 4.79 Å². The van der Waals surface area contributed by atoms with Crippen LogP contribution in [-0.4, -0.2) is 42.7 Å². The molecule has 172 valence electrons. The number of carbonyl (C=O) groups is 2. The summed E-state index contributed by atoms with van der Waals surface area (Å²) in [4.78, 5) is 27.2. The predicted octanol–water partition coefficient (Wildman–Crippen LogP) is 4.91. The predicted molar refractivity (Wildman–Crippen MR) is 128 cm³/mol.